The van der Waals surface area contributed by atoms with Gasteiger partial charge in [-0.05, 0) is 55.9 Å². The van der Waals surface area contributed by atoms with Crippen LogP contribution in [-0.2, 0) is 5.54 Å². The van der Waals surface area contributed by atoms with Crippen LogP contribution in [0.2, 0.25) is 0 Å². The van der Waals surface area contributed by atoms with Crippen LogP contribution in [0.4, 0.5) is 4.39 Å². The predicted molar refractivity (Wildman–Crippen MR) is 61.5 cm³/mol. The second-order valence-electron chi connectivity index (χ2n) is 4.85. The topological polar surface area (TPSA) is 46.2 Å². The summed E-state index contributed by atoms with van der Waals surface area (Å²) >= 11 is 0. The van der Waals surface area contributed by atoms with Gasteiger partial charge in [0.2, 0.25) is 0 Å². The molecule has 0 heterocycles. The lowest BCUT2D eigenvalue weighted by molar-refractivity contribution is 0.0967. The summed E-state index contributed by atoms with van der Waals surface area (Å²) in [4.78, 5) is 0. The lowest BCUT2D eigenvalue weighted by Crippen LogP contribution is -2.42. The molecule has 0 aromatic heterocycles. The molecule has 1 aromatic carbocycles. The molecular formula is C13H18FNO. The Morgan fingerprint density at radius 1 is 1.38 bits per heavy atom. The van der Waals surface area contributed by atoms with Gasteiger partial charge in [0.1, 0.15) is 5.82 Å². The largest absolute Gasteiger partial charge is 0.393 e. The van der Waals surface area contributed by atoms with Gasteiger partial charge in [-0.2, -0.15) is 0 Å². The molecule has 0 radical (unpaired) electrons. The van der Waals surface area contributed by atoms with E-state index in [1.54, 1.807) is 6.07 Å². The zero-order valence-corrected chi connectivity index (χ0v) is 9.54. The maximum atomic E-state index is 13.0. The lowest BCUT2D eigenvalue weighted by Gasteiger charge is -2.37. The summed E-state index contributed by atoms with van der Waals surface area (Å²) in [5.74, 6) is -0.222. The van der Waals surface area contributed by atoms with Gasteiger partial charge in [0.15, 0.2) is 0 Å². The van der Waals surface area contributed by atoms with Crippen molar-refractivity contribution in [3.05, 3.63) is 35.1 Å². The Balaban J connectivity index is 2.29. The van der Waals surface area contributed by atoms with Crippen molar-refractivity contribution in [2.24, 2.45) is 5.73 Å². The van der Waals surface area contributed by atoms with E-state index in [9.17, 15) is 9.50 Å². The highest BCUT2D eigenvalue weighted by Crippen LogP contribution is 2.36. The first-order chi connectivity index (χ1) is 7.51. The number of halogens is 1. The number of hydrogen-bond acceptors (Lipinski definition) is 2. The van der Waals surface area contributed by atoms with Gasteiger partial charge in [0, 0.05) is 5.54 Å². The predicted octanol–water partition coefficient (Wildman–Crippen LogP) is 2.22. The van der Waals surface area contributed by atoms with Crippen molar-refractivity contribution in [3.63, 3.8) is 0 Å². The van der Waals surface area contributed by atoms with E-state index in [4.69, 9.17) is 5.73 Å². The quantitative estimate of drug-likeness (QED) is 0.767. The van der Waals surface area contributed by atoms with Gasteiger partial charge in [-0.25, -0.2) is 4.39 Å². The SMILES string of the molecule is Cc1cc(F)ccc1C1(N)CCC(O)CC1. The van der Waals surface area contributed by atoms with Crippen LogP contribution in [0.25, 0.3) is 0 Å². The molecule has 0 unspecified atom stereocenters. The lowest BCUT2D eigenvalue weighted by atomic mass is 9.75. The first kappa shape index (κ1) is 11.6. The first-order valence-electron chi connectivity index (χ1n) is 5.75. The second-order valence-corrected chi connectivity index (χ2v) is 4.85. The maximum absolute atomic E-state index is 13.0. The van der Waals surface area contributed by atoms with Crippen molar-refractivity contribution in [2.75, 3.05) is 0 Å². The fourth-order valence-electron chi connectivity index (χ4n) is 2.57. The Bertz CT molecular complexity index is 384. The fourth-order valence-corrected chi connectivity index (χ4v) is 2.57. The molecule has 16 heavy (non-hydrogen) atoms. The monoisotopic (exact) mass is 223 g/mol. The Morgan fingerprint density at radius 3 is 2.56 bits per heavy atom. The van der Waals surface area contributed by atoms with Crippen LogP contribution in [0.5, 0.6) is 0 Å². The van der Waals surface area contributed by atoms with Crippen LogP contribution in [-0.4, -0.2) is 11.2 Å². The first-order valence-corrected chi connectivity index (χ1v) is 5.75. The molecule has 3 N–H and O–H groups in total. The summed E-state index contributed by atoms with van der Waals surface area (Å²) in [5.41, 5.74) is 7.88. The van der Waals surface area contributed by atoms with Gasteiger partial charge in [-0.15, -0.1) is 0 Å². The number of benzene rings is 1. The zero-order chi connectivity index (χ0) is 11.8. The van der Waals surface area contributed by atoms with Crippen LogP contribution in [0.1, 0.15) is 36.8 Å². The highest BCUT2D eigenvalue weighted by atomic mass is 19.1. The Hall–Kier alpha value is -0.930. The zero-order valence-electron chi connectivity index (χ0n) is 9.54. The number of aliphatic hydroxyl groups is 1. The van der Waals surface area contributed by atoms with E-state index in [1.165, 1.54) is 12.1 Å². The Kier molecular flexibility index (Phi) is 3.00. The van der Waals surface area contributed by atoms with Crippen molar-refractivity contribution < 1.29 is 9.50 Å². The molecular weight excluding hydrogens is 205 g/mol. The molecule has 1 aliphatic carbocycles. The van der Waals surface area contributed by atoms with E-state index < -0.39 is 5.54 Å². The molecule has 0 aliphatic heterocycles. The third-order valence-electron chi connectivity index (χ3n) is 3.57. The summed E-state index contributed by atoms with van der Waals surface area (Å²) in [6.07, 6.45) is 2.76. The summed E-state index contributed by atoms with van der Waals surface area (Å²) in [6, 6.07) is 4.76. The summed E-state index contributed by atoms with van der Waals surface area (Å²) in [7, 11) is 0. The van der Waals surface area contributed by atoms with Crippen molar-refractivity contribution in [3.8, 4) is 0 Å². The van der Waals surface area contributed by atoms with Crippen LogP contribution in [0, 0.1) is 12.7 Å². The normalized spacial score (nSPS) is 30.4. The maximum Gasteiger partial charge on any atom is 0.123 e. The van der Waals surface area contributed by atoms with Gasteiger partial charge in [-0.3, -0.25) is 0 Å². The number of nitrogens with two attached hydrogens (primary N) is 1. The van der Waals surface area contributed by atoms with Gasteiger partial charge >= 0.3 is 0 Å². The standard InChI is InChI=1S/C13H18FNO/c1-9-8-10(14)2-3-12(9)13(15)6-4-11(16)5-7-13/h2-3,8,11,16H,4-7,15H2,1H3. The van der Waals surface area contributed by atoms with Crippen molar-refractivity contribution >= 4 is 0 Å². The molecule has 0 spiro atoms. The van der Waals surface area contributed by atoms with E-state index >= 15 is 0 Å². The second kappa shape index (κ2) is 4.15. The molecule has 1 saturated carbocycles. The third kappa shape index (κ3) is 2.11. The van der Waals surface area contributed by atoms with E-state index in [0.29, 0.717) is 0 Å². The summed E-state index contributed by atoms with van der Waals surface area (Å²) < 4.78 is 13.0. The number of aliphatic hydroxyl groups excluding tert-OH is 1. The minimum absolute atomic E-state index is 0.222. The fraction of sp³-hybridized carbons (Fsp3) is 0.538. The third-order valence-corrected chi connectivity index (χ3v) is 3.57. The van der Waals surface area contributed by atoms with Gasteiger partial charge in [-0.1, -0.05) is 6.07 Å². The number of hydrogen-bond donors (Lipinski definition) is 2. The smallest absolute Gasteiger partial charge is 0.123 e. The Morgan fingerprint density at radius 2 is 2.00 bits per heavy atom. The molecule has 3 heteroatoms. The molecule has 0 amide bonds. The van der Waals surface area contributed by atoms with Crippen LogP contribution < -0.4 is 5.73 Å². The van der Waals surface area contributed by atoms with Crippen molar-refractivity contribution in [1.29, 1.82) is 0 Å². The van der Waals surface area contributed by atoms with E-state index in [2.05, 4.69) is 0 Å². The molecule has 0 bridgehead atoms. The minimum atomic E-state index is -0.392. The van der Waals surface area contributed by atoms with Crippen LogP contribution in [0.15, 0.2) is 18.2 Å². The van der Waals surface area contributed by atoms with Crippen molar-refractivity contribution in [1.82, 2.24) is 0 Å². The van der Waals surface area contributed by atoms with Gasteiger partial charge < -0.3 is 10.8 Å². The molecule has 88 valence electrons. The Labute approximate surface area is 95.3 Å². The molecule has 2 rings (SSSR count). The average Bonchev–Trinajstić information content (AvgIpc) is 2.22. The molecule has 1 aliphatic rings. The molecule has 1 aromatic rings. The molecule has 1 fully saturated rings. The molecule has 0 saturated heterocycles. The number of rotatable bonds is 1. The van der Waals surface area contributed by atoms with E-state index in [1.807, 2.05) is 6.92 Å². The van der Waals surface area contributed by atoms with Crippen LogP contribution >= 0.6 is 0 Å². The van der Waals surface area contributed by atoms with Gasteiger partial charge in [0.05, 0.1) is 6.10 Å². The minimum Gasteiger partial charge on any atom is -0.393 e. The highest BCUT2D eigenvalue weighted by molar-refractivity contribution is 5.33. The van der Waals surface area contributed by atoms with Gasteiger partial charge in [0.25, 0.3) is 0 Å². The van der Waals surface area contributed by atoms with Crippen LogP contribution in [0.3, 0.4) is 0 Å². The molecule has 2 nitrogen and oxygen atoms in total. The highest BCUT2D eigenvalue weighted by Gasteiger charge is 2.33. The van der Waals surface area contributed by atoms with Crippen molar-refractivity contribution in [2.45, 2.75) is 44.2 Å². The summed E-state index contributed by atoms with van der Waals surface area (Å²) in [5, 5.41) is 9.49. The van der Waals surface area contributed by atoms with E-state index in [0.717, 1.165) is 36.8 Å². The number of aryl methyl sites for hydroxylation is 1. The van der Waals surface area contributed by atoms with E-state index in [-0.39, 0.29) is 11.9 Å². The average molecular weight is 223 g/mol. The summed E-state index contributed by atoms with van der Waals surface area (Å²) in [6.45, 7) is 1.89. The molecule has 0 atom stereocenters.